The van der Waals surface area contributed by atoms with E-state index in [1.807, 2.05) is 37.3 Å². The number of rotatable bonds is 6. The standard InChI is InChI=1S/C15H23NO3S/c1-13(14-7-3-2-4-8-14)11-20(18,19)16-12-15(17)9-5-6-10-15/h2-4,7-8,13,16-17H,5-6,9-12H2,1H3. The number of aliphatic hydroxyl groups is 1. The molecule has 2 rings (SSSR count). The second kappa shape index (κ2) is 6.24. The van der Waals surface area contributed by atoms with E-state index in [0.717, 1.165) is 18.4 Å². The first-order chi connectivity index (χ1) is 9.40. The van der Waals surface area contributed by atoms with Crippen molar-refractivity contribution in [1.82, 2.24) is 4.72 Å². The number of hydrogen-bond donors (Lipinski definition) is 2. The Morgan fingerprint density at radius 2 is 1.85 bits per heavy atom. The van der Waals surface area contributed by atoms with Gasteiger partial charge in [0.05, 0.1) is 11.4 Å². The summed E-state index contributed by atoms with van der Waals surface area (Å²) in [5.74, 6) is -0.0143. The Hall–Kier alpha value is -0.910. The molecular weight excluding hydrogens is 274 g/mol. The lowest BCUT2D eigenvalue weighted by molar-refractivity contribution is 0.0531. The molecule has 0 bridgehead atoms. The van der Waals surface area contributed by atoms with Crippen molar-refractivity contribution in [3.8, 4) is 0 Å². The second-order valence-corrected chi connectivity index (χ2v) is 7.70. The molecule has 20 heavy (non-hydrogen) atoms. The van der Waals surface area contributed by atoms with Gasteiger partial charge in [-0.25, -0.2) is 13.1 Å². The molecule has 1 fully saturated rings. The maximum absolute atomic E-state index is 12.1. The molecule has 0 amide bonds. The smallest absolute Gasteiger partial charge is 0.212 e. The van der Waals surface area contributed by atoms with Crippen LogP contribution in [-0.4, -0.2) is 31.4 Å². The molecule has 0 aromatic heterocycles. The highest BCUT2D eigenvalue weighted by atomic mass is 32.2. The van der Waals surface area contributed by atoms with Gasteiger partial charge in [-0.15, -0.1) is 0 Å². The molecule has 1 atom stereocenters. The topological polar surface area (TPSA) is 66.4 Å². The second-order valence-electron chi connectivity index (χ2n) is 5.85. The molecule has 4 nitrogen and oxygen atoms in total. The van der Waals surface area contributed by atoms with Gasteiger partial charge in [-0.3, -0.25) is 0 Å². The highest BCUT2D eigenvalue weighted by Crippen LogP contribution is 2.28. The summed E-state index contributed by atoms with van der Waals surface area (Å²) < 4.78 is 26.7. The van der Waals surface area contributed by atoms with Crippen molar-refractivity contribution < 1.29 is 13.5 Å². The van der Waals surface area contributed by atoms with Gasteiger partial charge in [0, 0.05) is 6.54 Å². The summed E-state index contributed by atoms with van der Waals surface area (Å²) >= 11 is 0. The van der Waals surface area contributed by atoms with Gasteiger partial charge in [-0.2, -0.15) is 0 Å². The van der Waals surface area contributed by atoms with Crippen LogP contribution in [0.1, 0.15) is 44.1 Å². The van der Waals surface area contributed by atoms with Gasteiger partial charge in [0.1, 0.15) is 0 Å². The number of nitrogens with one attached hydrogen (secondary N) is 1. The Kier molecular flexibility index (Phi) is 4.83. The van der Waals surface area contributed by atoms with Crippen molar-refractivity contribution in [3.05, 3.63) is 35.9 Å². The number of sulfonamides is 1. The molecule has 2 N–H and O–H groups in total. The van der Waals surface area contributed by atoms with Gasteiger partial charge in [-0.1, -0.05) is 50.1 Å². The van der Waals surface area contributed by atoms with Gasteiger partial charge >= 0.3 is 0 Å². The van der Waals surface area contributed by atoms with Crippen LogP contribution in [0.4, 0.5) is 0 Å². The first-order valence-corrected chi connectivity index (χ1v) is 8.80. The molecule has 1 unspecified atom stereocenters. The van der Waals surface area contributed by atoms with Crippen molar-refractivity contribution in [1.29, 1.82) is 0 Å². The lowest BCUT2D eigenvalue weighted by Gasteiger charge is -2.23. The molecular formula is C15H23NO3S. The average Bonchev–Trinajstić information content (AvgIpc) is 2.85. The van der Waals surface area contributed by atoms with Crippen LogP contribution in [0.25, 0.3) is 0 Å². The van der Waals surface area contributed by atoms with Gasteiger partial charge in [0.15, 0.2) is 0 Å². The molecule has 0 aliphatic heterocycles. The summed E-state index contributed by atoms with van der Waals surface area (Å²) in [7, 11) is -3.36. The molecule has 1 aromatic carbocycles. The minimum atomic E-state index is -3.36. The van der Waals surface area contributed by atoms with Crippen molar-refractivity contribution in [2.45, 2.75) is 44.1 Å². The van der Waals surface area contributed by atoms with Crippen LogP contribution in [0.5, 0.6) is 0 Å². The fourth-order valence-corrected chi connectivity index (χ4v) is 4.18. The molecule has 0 saturated heterocycles. The van der Waals surface area contributed by atoms with E-state index in [1.165, 1.54) is 0 Å². The third-order valence-corrected chi connectivity index (χ3v) is 5.52. The van der Waals surface area contributed by atoms with Crippen molar-refractivity contribution in [2.75, 3.05) is 12.3 Å². The molecule has 1 aliphatic carbocycles. The molecule has 1 aliphatic rings. The molecule has 1 saturated carbocycles. The Labute approximate surface area is 121 Å². The molecule has 1 aromatic rings. The van der Waals surface area contributed by atoms with E-state index in [1.54, 1.807) is 0 Å². The maximum atomic E-state index is 12.1. The summed E-state index contributed by atoms with van der Waals surface area (Å²) in [6.45, 7) is 2.04. The third kappa shape index (κ3) is 4.30. The van der Waals surface area contributed by atoms with E-state index in [0.29, 0.717) is 12.8 Å². The van der Waals surface area contributed by atoms with Crippen LogP contribution in [0.2, 0.25) is 0 Å². The minimum Gasteiger partial charge on any atom is -0.389 e. The van der Waals surface area contributed by atoms with Gasteiger partial charge < -0.3 is 5.11 Å². The fourth-order valence-electron chi connectivity index (χ4n) is 2.72. The molecule has 0 heterocycles. The first-order valence-electron chi connectivity index (χ1n) is 7.15. The summed E-state index contributed by atoms with van der Waals surface area (Å²) in [6, 6.07) is 9.61. The average molecular weight is 297 g/mol. The monoisotopic (exact) mass is 297 g/mol. The van der Waals surface area contributed by atoms with Crippen LogP contribution in [0.3, 0.4) is 0 Å². The Morgan fingerprint density at radius 1 is 1.25 bits per heavy atom. The Bertz CT molecular complexity index is 521. The van der Waals surface area contributed by atoms with E-state index in [-0.39, 0.29) is 18.2 Å². The first kappa shape index (κ1) is 15.5. The highest BCUT2D eigenvalue weighted by Gasteiger charge is 2.32. The van der Waals surface area contributed by atoms with E-state index in [2.05, 4.69) is 4.72 Å². The van der Waals surface area contributed by atoms with Crippen LogP contribution in [-0.2, 0) is 10.0 Å². The molecule has 112 valence electrons. The minimum absolute atomic E-state index is 0.0487. The third-order valence-electron chi connectivity index (χ3n) is 3.99. The SMILES string of the molecule is CC(CS(=O)(=O)NCC1(O)CCCC1)c1ccccc1. The molecule has 5 heteroatoms. The van der Waals surface area contributed by atoms with E-state index in [4.69, 9.17) is 0 Å². The quantitative estimate of drug-likeness (QED) is 0.844. The lowest BCUT2D eigenvalue weighted by atomic mass is 10.0. The zero-order chi connectivity index (χ0) is 14.6. The number of hydrogen-bond acceptors (Lipinski definition) is 3. The van der Waals surface area contributed by atoms with Crippen LogP contribution in [0, 0.1) is 0 Å². The van der Waals surface area contributed by atoms with Crippen molar-refractivity contribution in [3.63, 3.8) is 0 Å². The van der Waals surface area contributed by atoms with Gasteiger partial charge in [0.25, 0.3) is 0 Å². The normalized spacial score (nSPS) is 19.9. The van der Waals surface area contributed by atoms with Crippen LogP contribution in [0.15, 0.2) is 30.3 Å². The van der Waals surface area contributed by atoms with Crippen molar-refractivity contribution >= 4 is 10.0 Å². The predicted molar refractivity (Wildman–Crippen MR) is 80.1 cm³/mol. The van der Waals surface area contributed by atoms with Crippen molar-refractivity contribution in [2.24, 2.45) is 0 Å². The molecule has 0 radical (unpaired) electrons. The predicted octanol–water partition coefficient (Wildman–Crippen LogP) is 2.01. The molecule has 0 spiro atoms. The maximum Gasteiger partial charge on any atom is 0.212 e. The van der Waals surface area contributed by atoms with Crippen LogP contribution < -0.4 is 4.72 Å². The summed E-state index contributed by atoms with van der Waals surface area (Å²) in [4.78, 5) is 0. The highest BCUT2D eigenvalue weighted by molar-refractivity contribution is 7.89. The van der Waals surface area contributed by atoms with E-state index >= 15 is 0 Å². The van der Waals surface area contributed by atoms with Crippen LogP contribution >= 0.6 is 0 Å². The number of benzene rings is 1. The van der Waals surface area contributed by atoms with Gasteiger partial charge in [-0.05, 0) is 24.3 Å². The zero-order valence-electron chi connectivity index (χ0n) is 11.9. The van der Waals surface area contributed by atoms with E-state index < -0.39 is 15.6 Å². The zero-order valence-corrected chi connectivity index (χ0v) is 12.7. The summed E-state index contributed by atoms with van der Waals surface area (Å²) in [5, 5.41) is 10.2. The Balaban J connectivity index is 1.90. The van der Waals surface area contributed by atoms with Gasteiger partial charge in [0.2, 0.25) is 10.0 Å². The lowest BCUT2D eigenvalue weighted by Crippen LogP contribution is -2.42. The summed E-state index contributed by atoms with van der Waals surface area (Å²) in [6.07, 6.45) is 3.31. The largest absolute Gasteiger partial charge is 0.389 e. The Morgan fingerprint density at radius 3 is 2.45 bits per heavy atom. The fraction of sp³-hybridized carbons (Fsp3) is 0.600. The summed E-state index contributed by atoms with van der Waals surface area (Å²) in [5.41, 5.74) is 0.167. The van der Waals surface area contributed by atoms with E-state index in [9.17, 15) is 13.5 Å².